The monoisotopic (exact) mass is 1100 g/mol. The molecular formula is C32H44N12O24P4. The Balaban J connectivity index is 0.953. The second kappa shape index (κ2) is 20.3. The third-order valence-electron chi connectivity index (χ3n) is 11.5. The highest BCUT2D eigenvalue weighted by molar-refractivity contribution is 7.66. The highest BCUT2D eigenvalue weighted by Crippen LogP contribution is 2.68. The molecule has 3 aliphatic rings. The number of phosphoric ester groups is 2. The van der Waals surface area contributed by atoms with Gasteiger partial charge in [-0.2, -0.15) is 8.62 Å². The van der Waals surface area contributed by atoms with Crippen molar-refractivity contribution in [2.45, 2.75) is 67.1 Å². The highest BCUT2D eigenvalue weighted by Gasteiger charge is 2.55. The van der Waals surface area contributed by atoms with Gasteiger partial charge in [-0.05, 0) is 0 Å². The molecule has 3 aliphatic heterocycles. The predicted molar refractivity (Wildman–Crippen MR) is 229 cm³/mol. The van der Waals surface area contributed by atoms with Crippen molar-refractivity contribution in [3.8, 4) is 0 Å². The van der Waals surface area contributed by atoms with Crippen LogP contribution in [0.2, 0.25) is 0 Å². The van der Waals surface area contributed by atoms with Crippen molar-refractivity contribution < 1.29 is 104 Å². The van der Waals surface area contributed by atoms with E-state index in [-0.39, 0.29) is 34.1 Å². The zero-order chi connectivity index (χ0) is 52.4. The minimum absolute atomic E-state index is 0.00401. The summed E-state index contributed by atoms with van der Waals surface area (Å²) in [5.41, 5.74) is 6.91. The van der Waals surface area contributed by atoms with Gasteiger partial charge in [-0.15, -0.1) is 0 Å². The number of aryl methyl sites for hydroxylation is 1. The van der Waals surface area contributed by atoms with E-state index in [4.69, 9.17) is 44.0 Å². The maximum absolute atomic E-state index is 14.2. The summed E-state index contributed by atoms with van der Waals surface area (Å²) in [6, 6.07) is 0.912. The average molecular weight is 1100 g/mol. The number of aliphatic hydroxyl groups is 4. The van der Waals surface area contributed by atoms with Gasteiger partial charge in [-0.1, -0.05) is 4.98 Å². The van der Waals surface area contributed by atoms with E-state index in [1.54, 1.807) is 0 Å². The number of hydrogen-bond donors (Lipinski definition) is 11. The molecule has 3 saturated heterocycles. The minimum Gasteiger partial charge on any atom is -0.778 e. The smallest absolute Gasteiger partial charge is 0.490 e. The first kappa shape index (κ1) is 53.7. The number of hydrogen-bond acceptors (Lipinski definition) is 27. The molecule has 5 aromatic heterocycles. The van der Waals surface area contributed by atoms with Gasteiger partial charge in [0, 0.05) is 25.3 Å². The van der Waals surface area contributed by atoms with Gasteiger partial charge in [-0.25, -0.2) is 38.0 Å². The molecule has 3 fully saturated rings. The van der Waals surface area contributed by atoms with E-state index in [2.05, 4.69) is 33.5 Å². The third kappa shape index (κ3) is 10.7. The molecule has 0 aliphatic carbocycles. The van der Waals surface area contributed by atoms with Gasteiger partial charge in [-0.3, -0.25) is 42.3 Å². The maximum atomic E-state index is 14.2. The summed E-state index contributed by atoms with van der Waals surface area (Å²) in [6.45, 7) is -4.29. The van der Waals surface area contributed by atoms with E-state index in [0.29, 0.717) is 4.57 Å². The van der Waals surface area contributed by atoms with E-state index in [1.165, 1.54) is 22.5 Å². The molecule has 8 rings (SSSR count). The van der Waals surface area contributed by atoms with Gasteiger partial charge in [0.15, 0.2) is 30.2 Å². The van der Waals surface area contributed by atoms with Crippen LogP contribution in [0, 0.1) is 5.92 Å². The lowest BCUT2D eigenvalue weighted by atomic mass is 9.99. The molecule has 0 amide bonds. The van der Waals surface area contributed by atoms with Gasteiger partial charge in [0.05, 0.1) is 57.7 Å². The van der Waals surface area contributed by atoms with Crippen LogP contribution >= 0.6 is 31.1 Å². The number of nitrogens with one attached hydrogen (secondary N) is 2. The lowest BCUT2D eigenvalue weighted by Gasteiger charge is -2.35. The van der Waals surface area contributed by atoms with Crippen molar-refractivity contribution in [1.29, 1.82) is 0 Å². The van der Waals surface area contributed by atoms with Crippen LogP contribution in [0.25, 0.3) is 22.3 Å². The van der Waals surface area contributed by atoms with E-state index in [9.17, 15) is 72.6 Å². The summed E-state index contributed by atoms with van der Waals surface area (Å²) in [7, 11) is -21.1. The fraction of sp³-hybridized carbons (Fsp3) is 0.562. The largest absolute Gasteiger partial charge is 0.778 e. The molecule has 36 nitrogen and oxygen atoms in total. The lowest BCUT2D eigenvalue weighted by Crippen LogP contribution is -2.45. The topological polar surface area (TPSA) is 521 Å². The van der Waals surface area contributed by atoms with Gasteiger partial charge in [0.2, 0.25) is 11.7 Å². The first-order valence-electron chi connectivity index (χ1n) is 20.6. The summed E-state index contributed by atoms with van der Waals surface area (Å²) in [5, 5.41) is 42.5. The van der Waals surface area contributed by atoms with Crippen LogP contribution in [0.15, 0.2) is 45.6 Å². The quantitative estimate of drug-likeness (QED) is 0.0272. The number of rotatable bonds is 19. The first-order chi connectivity index (χ1) is 33.7. The van der Waals surface area contributed by atoms with E-state index in [1.807, 2.05) is 4.98 Å². The lowest BCUT2D eigenvalue weighted by molar-refractivity contribution is -0.745. The Morgan fingerprint density at radius 3 is 2.14 bits per heavy atom. The summed E-state index contributed by atoms with van der Waals surface area (Å²) < 4.78 is 104. The Morgan fingerprint density at radius 1 is 0.833 bits per heavy atom. The molecule has 0 spiro atoms. The average Bonchev–Trinajstić information content (AvgIpc) is 4.09. The molecule has 72 heavy (non-hydrogen) atoms. The number of ether oxygens (including phenoxy) is 4. The molecule has 8 heterocycles. The number of aliphatic hydroxyl groups excluding tert-OH is 4. The molecular weight excluding hydrogens is 1060 g/mol. The van der Waals surface area contributed by atoms with Crippen LogP contribution in [0.5, 0.6) is 0 Å². The van der Waals surface area contributed by atoms with Crippen molar-refractivity contribution >= 4 is 65.2 Å². The number of fused-ring (bicyclic) bond motifs is 2. The first-order valence-corrected chi connectivity index (χ1v) is 26.6. The molecule has 396 valence electrons. The van der Waals surface area contributed by atoms with Gasteiger partial charge < -0.3 is 79.5 Å². The Kier molecular flexibility index (Phi) is 15.1. The van der Waals surface area contributed by atoms with Crippen LogP contribution in [0.1, 0.15) is 18.7 Å². The number of phosphoric acid groups is 3. The number of aromatic nitrogens is 10. The SMILES string of the molecule is CO[C@@H]1[C@H](P(=O)([O-])OC[C@H]2O[C@@H](n3ccc(=O)[nH]c3=O)[C@H](O)[C@@H]2O)[C@@H](COP(=O)(O)OP(=O)(O)OP(=O)(O)OC[C@H]2O[C@@H]([n+]3cn(C)c4c(=O)[nH]c(N)nc43)[C@H](O)[C@@H]2CO)O[C@H]1n1cnc2c(N)ncnc21. The third-order valence-corrected chi connectivity index (χ3v) is 17.6. The van der Waals surface area contributed by atoms with Gasteiger partial charge in [0.1, 0.15) is 50.0 Å². The number of imidazole rings is 2. The van der Waals surface area contributed by atoms with Crippen LogP contribution in [0.3, 0.4) is 0 Å². The van der Waals surface area contributed by atoms with Crippen molar-refractivity contribution in [2.75, 3.05) is 45.0 Å². The molecule has 4 unspecified atom stereocenters. The van der Waals surface area contributed by atoms with Crippen LogP contribution < -0.4 is 37.7 Å². The van der Waals surface area contributed by atoms with E-state index >= 15 is 0 Å². The number of H-pyrrole nitrogens is 2. The van der Waals surface area contributed by atoms with E-state index < -0.39 is 147 Å². The number of nitrogens with zero attached hydrogens (tertiary/aromatic N) is 8. The minimum atomic E-state index is -6.22. The van der Waals surface area contributed by atoms with Crippen molar-refractivity contribution in [1.82, 2.24) is 43.6 Å². The summed E-state index contributed by atoms with van der Waals surface area (Å²) in [5.74, 6) is -1.69. The second-order valence-corrected chi connectivity index (χ2v) is 22.6. The number of anilines is 2. The molecule has 16 atom stereocenters. The normalized spacial score (nSPS) is 31.1. The van der Waals surface area contributed by atoms with Crippen molar-refractivity contribution in [3.63, 3.8) is 0 Å². The Hall–Kier alpha value is -4.58. The molecule has 0 saturated carbocycles. The van der Waals surface area contributed by atoms with Crippen molar-refractivity contribution in [2.24, 2.45) is 13.0 Å². The van der Waals surface area contributed by atoms with Gasteiger partial charge >= 0.3 is 34.8 Å². The number of nitrogen functional groups attached to an aromatic ring is 2. The summed E-state index contributed by atoms with van der Waals surface area (Å²) >= 11 is 0. The summed E-state index contributed by atoms with van der Waals surface area (Å²) in [4.78, 5) is 102. The molecule has 0 aromatic carbocycles. The molecule has 13 N–H and O–H groups in total. The van der Waals surface area contributed by atoms with Crippen molar-refractivity contribution in [3.05, 3.63) is 62.4 Å². The number of nitrogens with two attached hydrogens (primary N) is 2. The van der Waals surface area contributed by atoms with Gasteiger partial charge in [0.25, 0.3) is 17.1 Å². The van der Waals surface area contributed by atoms with Crippen LogP contribution in [-0.2, 0) is 66.4 Å². The summed E-state index contributed by atoms with van der Waals surface area (Å²) in [6.07, 6.45) is -12.4. The number of aromatic amines is 2. The number of methoxy groups -OCH3 is 1. The molecule has 0 radical (unpaired) electrons. The molecule has 40 heteroatoms. The second-order valence-electron chi connectivity index (χ2n) is 16.1. The van der Waals surface area contributed by atoms with Crippen LogP contribution in [-0.4, -0.2) is 161 Å². The van der Waals surface area contributed by atoms with Crippen LogP contribution in [0.4, 0.5) is 11.8 Å². The fourth-order valence-corrected chi connectivity index (χ4v) is 13.5. The molecule has 0 bridgehead atoms. The predicted octanol–water partition coefficient (Wildman–Crippen LogP) is -5.19. The zero-order valence-corrected chi connectivity index (χ0v) is 40.3. The fourth-order valence-electron chi connectivity index (χ4n) is 8.29. The standard InChI is InChI=1S/C32H44N12O24P4/c1-41-11-44(26-18(41)27(50)40-31(34)39-26)28-19(47)12(5-45)13(64-28)6-62-70(54,55)67-72(58,59)68-71(56,57)63-8-15-23(22(60-2)30(66-15)43-10-37-17-24(33)35-9-36-25(17)43)69(52,53)61-7-14-20(48)21(49)29(65-14)42-4-3-16(46)38-32(42)51/h3-4,9-15,19-23,28-30,45,47-49H,5-8H2,1-2H3,(H9-,33,34,35,36,38,39,40,46,50,51,52,53,54,55,56,57,58,59)/t12-,13-,14-,15-,19-,20-,21-,22-,23-,28-,29-,30-/m1/s1. The Labute approximate surface area is 399 Å². The van der Waals surface area contributed by atoms with E-state index in [0.717, 1.165) is 36.6 Å². The molecule has 5 aromatic rings. The maximum Gasteiger partial charge on any atom is 0.490 e. The zero-order valence-electron chi connectivity index (χ0n) is 36.7. The highest BCUT2D eigenvalue weighted by atomic mass is 31.3. The Morgan fingerprint density at radius 2 is 1.49 bits per heavy atom. The Bertz CT molecular complexity index is 3230.